The Morgan fingerprint density at radius 1 is 1.14 bits per heavy atom. The van der Waals surface area contributed by atoms with Crippen molar-refractivity contribution in [3.63, 3.8) is 0 Å². The van der Waals surface area contributed by atoms with Crippen LogP contribution in [0, 0.1) is 13.8 Å². The summed E-state index contributed by atoms with van der Waals surface area (Å²) in [7, 11) is 1.62. The van der Waals surface area contributed by atoms with Gasteiger partial charge in [-0.15, -0.1) is 0 Å². The topological polar surface area (TPSA) is 62.7 Å². The maximum atomic E-state index is 11.8. The predicted octanol–water partition coefficient (Wildman–Crippen LogP) is 3.47. The molecule has 5 heteroatoms. The van der Waals surface area contributed by atoms with Crippen molar-refractivity contribution in [3.05, 3.63) is 59.2 Å². The van der Waals surface area contributed by atoms with Crippen molar-refractivity contribution in [1.29, 1.82) is 0 Å². The molecule has 0 saturated heterocycles. The summed E-state index contributed by atoms with van der Waals surface area (Å²) in [5.41, 5.74) is 6.14. The standard InChI is InChI=1S/C17H19N3O2/c1-12-6-4-5-7-16(12)19-17(21)20-18-11-14-8-9-15(22-3)10-13(14)2/h4-11H,1-3H3,(H2,19,20,21). The number of hydrogen-bond donors (Lipinski definition) is 2. The van der Waals surface area contributed by atoms with Crippen LogP contribution < -0.4 is 15.5 Å². The van der Waals surface area contributed by atoms with Crippen molar-refractivity contribution in [2.24, 2.45) is 5.10 Å². The number of para-hydroxylation sites is 1. The van der Waals surface area contributed by atoms with E-state index in [0.717, 1.165) is 28.1 Å². The van der Waals surface area contributed by atoms with Crippen molar-refractivity contribution >= 4 is 17.9 Å². The molecule has 0 radical (unpaired) electrons. The summed E-state index contributed by atoms with van der Waals surface area (Å²) >= 11 is 0. The third kappa shape index (κ3) is 4.09. The Hall–Kier alpha value is -2.82. The molecule has 0 aromatic heterocycles. The minimum absolute atomic E-state index is 0.378. The normalized spacial score (nSPS) is 10.5. The molecule has 22 heavy (non-hydrogen) atoms. The van der Waals surface area contributed by atoms with Crippen molar-refractivity contribution < 1.29 is 9.53 Å². The Bertz CT molecular complexity index is 696. The molecule has 0 saturated carbocycles. The van der Waals surface area contributed by atoms with Gasteiger partial charge in [-0.2, -0.15) is 5.10 Å². The second-order valence-corrected chi connectivity index (χ2v) is 4.86. The zero-order chi connectivity index (χ0) is 15.9. The van der Waals surface area contributed by atoms with Gasteiger partial charge in [0.25, 0.3) is 0 Å². The van der Waals surface area contributed by atoms with E-state index in [1.165, 1.54) is 0 Å². The molecule has 0 aliphatic heterocycles. The molecule has 2 N–H and O–H groups in total. The number of nitrogens with zero attached hydrogens (tertiary/aromatic N) is 1. The van der Waals surface area contributed by atoms with Gasteiger partial charge in [-0.3, -0.25) is 0 Å². The summed E-state index contributed by atoms with van der Waals surface area (Å²) in [5.74, 6) is 0.792. The van der Waals surface area contributed by atoms with Gasteiger partial charge in [0, 0.05) is 5.69 Å². The lowest BCUT2D eigenvalue weighted by atomic mass is 10.1. The van der Waals surface area contributed by atoms with E-state index in [9.17, 15) is 4.79 Å². The van der Waals surface area contributed by atoms with E-state index in [4.69, 9.17) is 4.74 Å². The summed E-state index contributed by atoms with van der Waals surface area (Å²) in [6, 6.07) is 12.8. The van der Waals surface area contributed by atoms with Gasteiger partial charge >= 0.3 is 6.03 Å². The van der Waals surface area contributed by atoms with Crippen LogP contribution in [0.1, 0.15) is 16.7 Å². The van der Waals surface area contributed by atoms with Crippen LogP contribution >= 0.6 is 0 Å². The first-order valence-electron chi connectivity index (χ1n) is 6.90. The Labute approximate surface area is 130 Å². The van der Waals surface area contributed by atoms with Crippen LogP contribution in [0.15, 0.2) is 47.6 Å². The number of aryl methyl sites for hydroxylation is 2. The number of hydrogen-bond acceptors (Lipinski definition) is 3. The Kier molecular flexibility index (Phi) is 5.14. The number of carbonyl (C=O) groups is 1. The highest BCUT2D eigenvalue weighted by Gasteiger charge is 2.02. The molecule has 2 aromatic carbocycles. The molecule has 2 rings (SSSR count). The Morgan fingerprint density at radius 3 is 2.59 bits per heavy atom. The fourth-order valence-electron chi connectivity index (χ4n) is 1.94. The summed E-state index contributed by atoms with van der Waals surface area (Å²) < 4.78 is 5.15. The number of rotatable bonds is 4. The maximum absolute atomic E-state index is 11.8. The first-order valence-corrected chi connectivity index (χ1v) is 6.90. The monoisotopic (exact) mass is 297 g/mol. The third-order valence-electron chi connectivity index (χ3n) is 3.24. The van der Waals surface area contributed by atoms with Crippen LogP contribution in [0.5, 0.6) is 5.75 Å². The van der Waals surface area contributed by atoms with Crippen LogP contribution in [-0.2, 0) is 0 Å². The molecule has 0 spiro atoms. The lowest BCUT2D eigenvalue weighted by molar-refractivity contribution is 0.252. The van der Waals surface area contributed by atoms with Gasteiger partial charge in [0.1, 0.15) is 5.75 Å². The van der Waals surface area contributed by atoms with E-state index in [1.807, 2.05) is 56.3 Å². The second kappa shape index (κ2) is 7.26. The number of methoxy groups -OCH3 is 1. The average Bonchev–Trinajstić information content (AvgIpc) is 2.51. The van der Waals surface area contributed by atoms with Gasteiger partial charge in [0.15, 0.2) is 0 Å². The minimum Gasteiger partial charge on any atom is -0.497 e. The smallest absolute Gasteiger partial charge is 0.339 e. The Morgan fingerprint density at radius 2 is 1.91 bits per heavy atom. The highest BCUT2D eigenvalue weighted by molar-refractivity contribution is 5.91. The molecule has 0 atom stereocenters. The van der Waals surface area contributed by atoms with E-state index in [-0.39, 0.29) is 6.03 Å². The molecule has 5 nitrogen and oxygen atoms in total. The summed E-state index contributed by atoms with van der Waals surface area (Å²) in [6.07, 6.45) is 1.60. The maximum Gasteiger partial charge on any atom is 0.339 e. The number of ether oxygens (including phenoxy) is 1. The zero-order valence-corrected chi connectivity index (χ0v) is 12.9. The van der Waals surface area contributed by atoms with Crippen LogP contribution in [0.4, 0.5) is 10.5 Å². The summed E-state index contributed by atoms with van der Waals surface area (Å²) in [6.45, 7) is 3.89. The molecular weight excluding hydrogens is 278 g/mol. The van der Waals surface area contributed by atoms with E-state index >= 15 is 0 Å². The van der Waals surface area contributed by atoms with Crippen LogP contribution in [0.3, 0.4) is 0 Å². The van der Waals surface area contributed by atoms with Gasteiger partial charge in [0.2, 0.25) is 0 Å². The molecule has 114 valence electrons. The number of carbonyl (C=O) groups excluding carboxylic acids is 1. The molecular formula is C17H19N3O2. The van der Waals surface area contributed by atoms with Gasteiger partial charge in [-0.25, -0.2) is 10.2 Å². The fraction of sp³-hybridized carbons (Fsp3) is 0.176. The largest absolute Gasteiger partial charge is 0.497 e. The number of amides is 2. The molecule has 0 fully saturated rings. The first-order chi connectivity index (χ1) is 10.6. The highest BCUT2D eigenvalue weighted by Crippen LogP contribution is 2.15. The predicted molar refractivity (Wildman–Crippen MR) is 88.7 cm³/mol. The number of nitrogens with one attached hydrogen (secondary N) is 2. The third-order valence-corrected chi connectivity index (χ3v) is 3.24. The van der Waals surface area contributed by atoms with Crippen LogP contribution in [0.2, 0.25) is 0 Å². The lowest BCUT2D eigenvalue weighted by Crippen LogP contribution is -2.24. The van der Waals surface area contributed by atoms with Crippen molar-refractivity contribution in [2.75, 3.05) is 12.4 Å². The van der Waals surface area contributed by atoms with Crippen LogP contribution in [0.25, 0.3) is 0 Å². The molecule has 2 aromatic rings. The Balaban J connectivity index is 1.95. The number of hydrazone groups is 1. The lowest BCUT2D eigenvalue weighted by Gasteiger charge is -2.07. The molecule has 0 bridgehead atoms. The highest BCUT2D eigenvalue weighted by atomic mass is 16.5. The minimum atomic E-state index is -0.378. The van der Waals surface area contributed by atoms with Crippen molar-refractivity contribution in [1.82, 2.24) is 5.43 Å². The van der Waals surface area contributed by atoms with Gasteiger partial charge in [0.05, 0.1) is 13.3 Å². The van der Waals surface area contributed by atoms with E-state index in [1.54, 1.807) is 13.3 Å². The summed E-state index contributed by atoms with van der Waals surface area (Å²) in [5, 5.41) is 6.70. The van der Waals surface area contributed by atoms with Crippen molar-refractivity contribution in [2.45, 2.75) is 13.8 Å². The number of anilines is 1. The van der Waals surface area contributed by atoms with Crippen LogP contribution in [-0.4, -0.2) is 19.4 Å². The average molecular weight is 297 g/mol. The molecule has 0 aliphatic carbocycles. The number of urea groups is 1. The molecule has 0 heterocycles. The van der Waals surface area contributed by atoms with E-state index in [2.05, 4.69) is 15.8 Å². The zero-order valence-electron chi connectivity index (χ0n) is 12.9. The molecule has 0 aliphatic rings. The van der Waals surface area contributed by atoms with Gasteiger partial charge in [-0.1, -0.05) is 18.2 Å². The second-order valence-electron chi connectivity index (χ2n) is 4.86. The van der Waals surface area contributed by atoms with Gasteiger partial charge < -0.3 is 10.1 Å². The van der Waals surface area contributed by atoms with E-state index < -0.39 is 0 Å². The molecule has 2 amide bonds. The van der Waals surface area contributed by atoms with Gasteiger partial charge in [-0.05, 0) is 54.8 Å². The number of benzene rings is 2. The van der Waals surface area contributed by atoms with E-state index in [0.29, 0.717) is 0 Å². The SMILES string of the molecule is COc1ccc(C=NNC(=O)Nc2ccccc2C)c(C)c1. The fourth-order valence-corrected chi connectivity index (χ4v) is 1.94. The summed E-state index contributed by atoms with van der Waals surface area (Å²) in [4.78, 5) is 11.8. The first kappa shape index (κ1) is 15.6. The molecule has 0 unspecified atom stereocenters. The quantitative estimate of drug-likeness (QED) is 0.670. The van der Waals surface area contributed by atoms with Crippen molar-refractivity contribution in [3.8, 4) is 5.75 Å².